The number of rotatable bonds is 5. The fraction of sp³-hybridized carbons (Fsp3) is 0.462. The van der Waals surface area contributed by atoms with E-state index in [1.165, 1.54) is 6.07 Å². The quantitative estimate of drug-likeness (QED) is 0.804. The number of benzene rings is 1. The molecule has 1 aromatic carbocycles. The second-order valence-electron chi connectivity index (χ2n) is 4.92. The van der Waals surface area contributed by atoms with Crippen molar-refractivity contribution < 1.29 is 18.3 Å². The molecule has 1 aliphatic heterocycles. The highest BCUT2D eigenvalue weighted by Gasteiger charge is 2.33. The van der Waals surface area contributed by atoms with Gasteiger partial charge >= 0.3 is 0 Å². The van der Waals surface area contributed by atoms with Crippen molar-refractivity contribution in [2.24, 2.45) is 0 Å². The lowest BCUT2D eigenvalue weighted by Crippen LogP contribution is -2.43. The molecular formula is C13H16N2O4S. The SMILES string of the molecule is N#Cc1cccc(CS(=O)(=O)NCC2(O)CCOC2)c1. The van der Waals surface area contributed by atoms with E-state index in [0.717, 1.165) is 0 Å². The molecule has 2 N–H and O–H groups in total. The highest BCUT2D eigenvalue weighted by Crippen LogP contribution is 2.17. The van der Waals surface area contributed by atoms with Crippen molar-refractivity contribution in [2.45, 2.75) is 17.8 Å². The summed E-state index contributed by atoms with van der Waals surface area (Å²) in [5.41, 5.74) is -0.173. The molecule has 108 valence electrons. The number of ether oxygens (including phenoxy) is 1. The maximum absolute atomic E-state index is 12.0. The Bertz CT molecular complexity index is 616. The Morgan fingerprint density at radius 3 is 2.95 bits per heavy atom. The Kier molecular flexibility index (Phi) is 4.40. The fourth-order valence-electron chi connectivity index (χ4n) is 1.98. The molecule has 1 unspecified atom stereocenters. The molecule has 1 aliphatic rings. The highest BCUT2D eigenvalue weighted by molar-refractivity contribution is 7.88. The van der Waals surface area contributed by atoms with Crippen molar-refractivity contribution in [1.82, 2.24) is 4.72 Å². The third-order valence-electron chi connectivity index (χ3n) is 3.12. The number of hydrogen-bond acceptors (Lipinski definition) is 5. The minimum Gasteiger partial charge on any atom is -0.386 e. The Morgan fingerprint density at radius 1 is 1.50 bits per heavy atom. The maximum atomic E-state index is 12.0. The van der Waals surface area contributed by atoms with Crippen LogP contribution >= 0.6 is 0 Å². The summed E-state index contributed by atoms with van der Waals surface area (Å²) in [6, 6.07) is 8.40. The van der Waals surface area contributed by atoms with E-state index >= 15 is 0 Å². The Morgan fingerprint density at radius 2 is 2.30 bits per heavy atom. The van der Waals surface area contributed by atoms with Gasteiger partial charge in [0.05, 0.1) is 24.0 Å². The molecule has 2 rings (SSSR count). The second-order valence-corrected chi connectivity index (χ2v) is 6.73. The lowest BCUT2D eigenvalue weighted by Gasteiger charge is -2.20. The van der Waals surface area contributed by atoms with Crippen molar-refractivity contribution in [3.05, 3.63) is 35.4 Å². The largest absolute Gasteiger partial charge is 0.386 e. The van der Waals surface area contributed by atoms with Gasteiger partial charge in [-0.05, 0) is 17.7 Å². The second kappa shape index (κ2) is 5.89. The summed E-state index contributed by atoms with van der Waals surface area (Å²) in [4.78, 5) is 0. The zero-order valence-electron chi connectivity index (χ0n) is 10.9. The van der Waals surface area contributed by atoms with Crippen LogP contribution in [-0.4, -0.2) is 38.9 Å². The standard InChI is InChI=1S/C13H16N2O4S/c14-7-11-2-1-3-12(6-11)8-20(17,18)15-9-13(16)4-5-19-10-13/h1-3,6,15-16H,4-5,8-10H2. The fourth-order valence-corrected chi connectivity index (χ4v) is 3.19. The normalized spacial score (nSPS) is 22.6. The molecule has 6 nitrogen and oxygen atoms in total. The number of nitrogens with one attached hydrogen (secondary N) is 1. The summed E-state index contributed by atoms with van der Waals surface area (Å²) in [7, 11) is -3.56. The van der Waals surface area contributed by atoms with Crippen molar-refractivity contribution in [3.8, 4) is 6.07 Å². The van der Waals surface area contributed by atoms with Gasteiger partial charge in [-0.3, -0.25) is 0 Å². The molecule has 7 heteroatoms. The third-order valence-corrected chi connectivity index (χ3v) is 4.41. The molecule has 0 aromatic heterocycles. The molecule has 1 aromatic rings. The number of aliphatic hydroxyl groups is 1. The van der Waals surface area contributed by atoms with E-state index in [0.29, 0.717) is 24.2 Å². The molecule has 0 radical (unpaired) electrons. The van der Waals surface area contributed by atoms with Crippen LogP contribution in [0.5, 0.6) is 0 Å². The molecule has 1 heterocycles. The summed E-state index contributed by atoms with van der Waals surface area (Å²) in [6.07, 6.45) is 0.416. The van der Waals surface area contributed by atoms with Crippen molar-refractivity contribution >= 4 is 10.0 Å². The summed E-state index contributed by atoms with van der Waals surface area (Å²) in [6.45, 7) is 0.509. The molecule has 0 spiro atoms. The smallest absolute Gasteiger partial charge is 0.215 e. The average Bonchev–Trinajstić information content (AvgIpc) is 2.84. The van der Waals surface area contributed by atoms with Gasteiger partial charge in [0.15, 0.2) is 0 Å². The first-order valence-electron chi connectivity index (χ1n) is 6.19. The van der Waals surface area contributed by atoms with E-state index in [-0.39, 0.29) is 18.9 Å². The minimum absolute atomic E-state index is 0.0622. The zero-order chi connectivity index (χ0) is 14.6. The zero-order valence-corrected chi connectivity index (χ0v) is 11.7. The van der Waals surface area contributed by atoms with Gasteiger partial charge in [-0.15, -0.1) is 0 Å². The Labute approximate surface area is 118 Å². The lowest BCUT2D eigenvalue weighted by atomic mass is 10.1. The predicted octanol–water partition coefficient (Wildman–Crippen LogP) is 0.129. The lowest BCUT2D eigenvalue weighted by molar-refractivity contribution is 0.0314. The summed E-state index contributed by atoms with van der Waals surface area (Å²) < 4.78 is 31.3. The molecule has 1 atom stereocenters. The number of hydrogen-bond donors (Lipinski definition) is 2. The van der Waals surface area contributed by atoms with E-state index < -0.39 is 15.6 Å². The first-order chi connectivity index (χ1) is 9.42. The van der Waals surface area contributed by atoms with Gasteiger partial charge in [0.2, 0.25) is 10.0 Å². The molecule has 1 saturated heterocycles. The highest BCUT2D eigenvalue weighted by atomic mass is 32.2. The van der Waals surface area contributed by atoms with Gasteiger partial charge in [-0.2, -0.15) is 5.26 Å². The van der Waals surface area contributed by atoms with E-state index in [9.17, 15) is 13.5 Å². The van der Waals surface area contributed by atoms with Crippen LogP contribution in [0.25, 0.3) is 0 Å². The van der Waals surface area contributed by atoms with Crippen LogP contribution in [0.15, 0.2) is 24.3 Å². The first kappa shape index (κ1) is 14.9. The molecule has 0 aliphatic carbocycles. The number of sulfonamides is 1. The number of nitrogens with zero attached hydrogens (tertiary/aromatic N) is 1. The van der Waals surface area contributed by atoms with Crippen LogP contribution in [0, 0.1) is 11.3 Å². The summed E-state index contributed by atoms with van der Waals surface area (Å²) in [5.74, 6) is -0.223. The van der Waals surface area contributed by atoms with Crippen LogP contribution in [0.3, 0.4) is 0 Å². The van der Waals surface area contributed by atoms with Gasteiger partial charge in [0.1, 0.15) is 5.60 Å². The monoisotopic (exact) mass is 296 g/mol. The average molecular weight is 296 g/mol. The van der Waals surface area contributed by atoms with Gasteiger partial charge in [-0.25, -0.2) is 13.1 Å². The Hall–Kier alpha value is -1.46. The van der Waals surface area contributed by atoms with Crippen LogP contribution in [-0.2, 0) is 20.5 Å². The third kappa shape index (κ3) is 4.02. The summed E-state index contributed by atoms with van der Waals surface area (Å²) >= 11 is 0. The van der Waals surface area contributed by atoms with Crippen LogP contribution < -0.4 is 4.72 Å². The van der Waals surface area contributed by atoms with E-state index in [1.54, 1.807) is 18.2 Å². The van der Waals surface area contributed by atoms with Gasteiger partial charge in [0, 0.05) is 19.6 Å². The van der Waals surface area contributed by atoms with Crippen molar-refractivity contribution in [1.29, 1.82) is 5.26 Å². The van der Waals surface area contributed by atoms with E-state index in [1.807, 2.05) is 6.07 Å². The molecular weight excluding hydrogens is 280 g/mol. The summed E-state index contributed by atoms with van der Waals surface area (Å²) in [5, 5.41) is 18.8. The van der Waals surface area contributed by atoms with Crippen LogP contribution in [0.4, 0.5) is 0 Å². The molecule has 0 saturated carbocycles. The van der Waals surface area contributed by atoms with E-state index in [2.05, 4.69) is 4.72 Å². The van der Waals surface area contributed by atoms with Crippen molar-refractivity contribution in [2.75, 3.05) is 19.8 Å². The van der Waals surface area contributed by atoms with Gasteiger partial charge in [-0.1, -0.05) is 12.1 Å². The van der Waals surface area contributed by atoms with Crippen LogP contribution in [0.1, 0.15) is 17.5 Å². The molecule has 1 fully saturated rings. The van der Waals surface area contributed by atoms with Gasteiger partial charge in [0.25, 0.3) is 0 Å². The molecule has 20 heavy (non-hydrogen) atoms. The minimum atomic E-state index is -3.56. The molecule has 0 amide bonds. The van der Waals surface area contributed by atoms with Gasteiger partial charge < -0.3 is 9.84 Å². The first-order valence-corrected chi connectivity index (χ1v) is 7.84. The maximum Gasteiger partial charge on any atom is 0.215 e. The molecule has 0 bridgehead atoms. The Balaban J connectivity index is 1.98. The van der Waals surface area contributed by atoms with Crippen molar-refractivity contribution in [3.63, 3.8) is 0 Å². The topological polar surface area (TPSA) is 99.4 Å². The number of nitriles is 1. The van der Waals surface area contributed by atoms with Crippen LogP contribution in [0.2, 0.25) is 0 Å². The predicted molar refractivity (Wildman–Crippen MR) is 72.2 cm³/mol. The van der Waals surface area contributed by atoms with E-state index in [4.69, 9.17) is 10.00 Å².